The van der Waals surface area contributed by atoms with Crippen LogP contribution >= 0.6 is 11.6 Å². The number of nitrogens with two attached hydrogens (primary N) is 1. The Bertz CT molecular complexity index is 593. The van der Waals surface area contributed by atoms with Gasteiger partial charge >= 0.3 is 0 Å². The number of amides is 1. The van der Waals surface area contributed by atoms with E-state index in [2.05, 4.69) is 0 Å². The van der Waals surface area contributed by atoms with Crippen LogP contribution < -0.4 is 5.73 Å². The number of carbonyl (C=O) groups excluding carboxylic acids is 1. The number of fused-ring (bicyclic) bond motifs is 2. The largest absolute Gasteiger partial charge is 0.332 e. The Morgan fingerprint density at radius 1 is 1.33 bits per heavy atom. The average molecular weight is 310 g/mol. The second-order valence-corrected chi connectivity index (χ2v) is 6.18. The second kappa shape index (κ2) is 5.27. The van der Waals surface area contributed by atoms with Gasteiger partial charge in [0.15, 0.2) is 0 Å². The molecule has 112 valence electrons. The molecule has 1 amide bonds. The zero-order valence-corrected chi connectivity index (χ0v) is 12.1. The first kappa shape index (κ1) is 14.3. The summed E-state index contributed by atoms with van der Waals surface area (Å²) < 4.78 is 0. The number of piperidine rings is 1. The van der Waals surface area contributed by atoms with Crippen LogP contribution in [0.1, 0.15) is 36.0 Å². The molecule has 0 radical (unpaired) electrons. The standard InChI is InChI=1S/C14H16ClN3O3/c15-8-1-4-13(18(20)21)12(5-8)14(19)17-10-2-3-11(17)7-9(16)6-10/h1,4-5,9-11H,2-3,6-7,16H2. The summed E-state index contributed by atoms with van der Waals surface area (Å²) in [4.78, 5) is 25.1. The van der Waals surface area contributed by atoms with E-state index in [9.17, 15) is 14.9 Å². The average Bonchev–Trinajstić information content (AvgIpc) is 2.69. The van der Waals surface area contributed by atoms with Crippen molar-refractivity contribution >= 4 is 23.2 Å². The number of hydrogen-bond donors (Lipinski definition) is 1. The first-order valence-electron chi connectivity index (χ1n) is 6.99. The van der Waals surface area contributed by atoms with Gasteiger partial charge in [-0.2, -0.15) is 0 Å². The number of nitro groups is 1. The van der Waals surface area contributed by atoms with Crippen LogP contribution in [-0.4, -0.2) is 33.9 Å². The fraction of sp³-hybridized carbons (Fsp3) is 0.500. The van der Waals surface area contributed by atoms with Gasteiger partial charge in [0.05, 0.1) is 4.92 Å². The highest BCUT2D eigenvalue weighted by molar-refractivity contribution is 6.31. The van der Waals surface area contributed by atoms with E-state index < -0.39 is 4.92 Å². The van der Waals surface area contributed by atoms with Crippen LogP contribution in [0.2, 0.25) is 5.02 Å². The lowest BCUT2D eigenvalue weighted by molar-refractivity contribution is -0.385. The maximum Gasteiger partial charge on any atom is 0.282 e. The molecule has 2 bridgehead atoms. The Morgan fingerprint density at radius 3 is 2.52 bits per heavy atom. The van der Waals surface area contributed by atoms with Crippen molar-refractivity contribution in [1.29, 1.82) is 0 Å². The van der Waals surface area contributed by atoms with Gasteiger partial charge in [-0.05, 0) is 37.8 Å². The Labute approximate surface area is 127 Å². The summed E-state index contributed by atoms with van der Waals surface area (Å²) in [7, 11) is 0. The van der Waals surface area contributed by atoms with Gasteiger partial charge in [0.2, 0.25) is 0 Å². The van der Waals surface area contributed by atoms with E-state index in [0.29, 0.717) is 5.02 Å². The van der Waals surface area contributed by atoms with Crippen molar-refractivity contribution in [3.8, 4) is 0 Å². The van der Waals surface area contributed by atoms with E-state index in [1.165, 1.54) is 18.2 Å². The van der Waals surface area contributed by atoms with Gasteiger partial charge in [0, 0.05) is 29.2 Å². The predicted molar refractivity (Wildman–Crippen MR) is 78.3 cm³/mol. The Balaban J connectivity index is 1.96. The van der Waals surface area contributed by atoms with Crippen molar-refractivity contribution in [3.05, 3.63) is 38.9 Å². The van der Waals surface area contributed by atoms with Gasteiger partial charge in [-0.25, -0.2) is 0 Å². The van der Waals surface area contributed by atoms with E-state index in [1.54, 1.807) is 4.90 Å². The van der Waals surface area contributed by atoms with Crippen LogP contribution in [0.15, 0.2) is 18.2 Å². The highest BCUT2D eigenvalue weighted by Crippen LogP contribution is 2.37. The summed E-state index contributed by atoms with van der Waals surface area (Å²) in [6, 6.07) is 4.39. The summed E-state index contributed by atoms with van der Waals surface area (Å²) in [6.45, 7) is 0. The molecule has 2 aliphatic rings. The topological polar surface area (TPSA) is 89.5 Å². The zero-order valence-electron chi connectivity index (χ0n) is 11.4. The molecule has 2 fully saturated rings. The molecule has 21 heavy (non-hydrogen) atoms. The molecule has 0 aliphatic carbocycles. The molecule has 2 saturated heterocycles. The number of hydrogen-bond acceptors (Lipinski definition) is 4. The van der Waals surface area contributed by atoms with Crippen molar-refractivity contribution in [2.75, 3.05) is 0 Å². The Morgan fingerprint density at radius 2 is 1.95 bits per heavy atom. The Hall–Kier alpha value is -1.66. The Kier molecular flexibility index (Phi) is 3.59. The lowest BCUT2D eigenvalue weighted by atomic mass is 9.97. The van der Waals surface area contributed by atoms with Crippen molar-refractivity contribution in [2.45, 2.75) is 43.8 Å². The summed E-state index contributed by atoms with van der Waals surface area (Å²) in [5, 5.41) is 11.4. The maximum atomic E-state index is 12.8. The molecule has 3 rings (SSSR count). The van der Waals surface area contributed by atoms with Gasteiger partial charge in [-0.1, -0.05) is 11.6 Å². The molecule has 1 aromatic rings. The van der Waals surface area contributed by atoms with Crippen LogP contribution in [0.4, 0.5) is 5.69 Å². The van der Waals surface area contributed by atoms with E-state index in [1.807, 2.05) is 0 Å². The highest BCUT2D eigenvalue weighted by Gasteiger charge is 2.43. The highest BCUT2D eigenvalue weighted by atomic mass is 35.5. The van der Waals surface area contributed by atoms with E-state index in [4.69, 9.17) is 17.3 Å². The quantitative estimate of drug-likeness (QED) is 0.670. The van der Waals surface area contributed by atoms with Crippen LogP contribution in [0, 0.1) is 10.1 Å². The molecule has 0 spiro atoms. The van der Waals surface area contributed by atoms with E-state index in [0.717, 1.165) is 25.7 Å². The molecule has 0 aromatic heterocycles. The summed E-state index contributed by atoms with van der Waals surface area (Å²) in [6.07, 6.45) is 3.35. The van der Waals surface area contributed by atoms with Crippen LogP contribution in [0.3, 0.4) is 0 Å². The number of rotatable bonds is 2. The number of carbonyl (C=O) groups is 1. The summed E-state index contributed by atoms with van der Waals surface area (Å²) in [5.41, 5.74) is 5.87. The molecule has 1 aromatic carbocycles. The monoisotopic (exact) mass is 309 g/mol. The van der Waals surface area contributed by atoms with Crippen LogP contribution in [0.25, 0.3) is 0 Å². The molecule has 7 heteroatoms. The summed E-state index contributed by atoms with van der Waals surface area (Å²) in [5.74, 6) is -0.302. The van der Waals surface area contributed by atoms with Gasteiger partial charge in [-0.15, -0.1) is 0 Å². The minimum atomic E-state index is -0.541. The predicted octanol–water partition coefficient (Wildman–Crippen LogP) is 2.34. The number of benzene rings is 1. The van der Waals surface area contributed by atoms with Crippen molar-refractivity contribution in [2.24, 2.45) is 5.73 Å². The lowest BCUT2D eigenvalue weighted by Gasteiger charge is -2.37. The zero-order chi connectivity index (χ0) is 15.1. The van der Waals surface area contributed by atoms with Gasteiger partial charge in [0.1, 0.15) is 5.56 Å². The van der Waals surface area contributed by atoms with Crippen molar-refractivity contribution < 1.29 is 9.72 Å². The molecule has 2 aliphatic heterocycles. The lowest BCUT2D eigenvalue weighted by Crippen LogP contribution is -2.50. The molecule has 0 saturated carbocycles. The van der Waals surface area contributed by atoms with Crippen molar-refractivity contribution in [3.63, 3.8) is 0 Å². The fourth-order valence-corrected chi connectivity index (χ4v) is 3.70. The minimum absolute atomic E-state index is 0.0693. The van der Waals surface area contributed by atoms with E-state index >= 15 is 0 Å². The number of nitrogens with zero attached hydrogens (tertiary/aromatic N) is 2. The third-order valence-electron chi connectivity index (χ3n) is 4.39. The third kappa shape index (κ3) is 2.49. The molecular formula is C14H16ClN3O3. The van der Waals surface area contributed by atoms with Crippen molar-refractivity contribution in [1.82, 2.24) is 4.90 Å². The molecular weight excluding hydrogens is 294 g/mol. The molecule has 2 heterocycles. The summed E-state index contributed by atoms with van der Waals surface area (Å²) >= 11 is 5.90. The molecule has 2 unspecified atom stereocenters. The molecule has 2 atom stereocenters. The first-order chi connectivity index (χ1) is 9.97. The van der Waals surface area contributed by atoms with Gasteiger partial charge in [-0.3, -0.25) is 14.9 Å². The van der Waals surface area contributed by atoms with E-state index in [-0.39, 0.29) is 35.3 Å². The number of nitro benzene ring substituents is 1. The fourth-order valence-electron chi connectivity index (χ4n) is 3.53. The minimum Gasteiger partial charge on any atom is -0.332 e. The first-order valence-corrected chi connectivity index (χ1v) is 7.37. The normalized spacial score (nSPS) is 27.7. The molecule has 6 nitrogen and oxygen atoms in total. The van der Waals surface area contributed by atoms with Gasteiger partial charge < -0.3 is 10.6 Å². The second-order valence-electron chi connectivity index (χ2n) is 5.75. The smallest absolute Gasteiger partial charge is 0.282 e. The van der Waals surface area contributed by atoms with Crippen LogP contribution in [-0.2, 0) is 0 Å². The SMILES string of the molecule is NC1CC2CCC(C1)N2C(=O)c1cc(Cl)ccc1[N+](=O)[O-]. The number of halogens is 1. The van der Waals surface area contributed by atoms with Crippen LogP contribution in [0.5, 0.6) is 0 Å². The maximum absolute atomic E-state index is 12.8. The third-order valence-corrected chi connectivity index (χ3v) is 4.62. The molecule has 2 N–H and O–H groups in total. The van der Waals surface area contributed by atoms with Gasteiger partial charge in [0.25, 0.3) is 11.6 Å².